The van der Waals surface area contributed by atoms with Crippen molar-refractivity contribution in [1.82, 2.24) is 0 Å². The predicted molar refractivity (Wildman–Crippen MR) is 43.9 cm³/mol. The average Bonchev–Trinajstić information content (AvgIpc) is 1.62. The fraction of sp³-hybridized carbons (Fsp3) is 1.00. The maximum absolute atomic E-state index is 8.24. The van der Waals surface area contributed by atoms with Gasteiger partial charge in [0.25, 0.3) is 0 Å². The molecule has 0 aromatic heterocycles. The zero-order valence-electron chi connectivity index (χ0n) is 7.46. The van der Waals surface area contributed by atoms with Gasteiger partial charge in [0, 0.05) is 12.7 Å². The smallest absolute Gasteiger partial charge is 0.0483 e. The summed E-state index contributed by atoms with van der Waals surface area (Å²) >= 11 is 0. The fourth-order valence-corrected chi connectivity index (χ4v) is 0.258. The SMILES string of the molecule is CC(C)CCO.CC(C)O. The van der Waals surface area contributed by atoms with Crippen LogP contribution in [0.2, 0.25) is 0 Å². The molecule has 10 heavy (non-hydrogen) atoms. The van der Waals surface area contributed by atoms with Crippen molar-refractivity contribution in [1.29, 1.82) is 0 Å². The van der Waals surface area contributed by atoms with Gasteiger partial charge in [0.15, 0.2) is 0 Å². The van der Waals surface area contributed by atoms with E-state index in [2.05, 4.69) is 13.8 Å². The van der Waals surface area contributed by atoms with Gasteiger partial charge in [-0.25, -0.2) is 0 Å². The minimum atomic E-state index is -0.167. The van der Waals surface area contributed by atoms with Crippen LogP contribution in [0.25, 0.3) is 0 Å². The van der Waals surface area contributed by atoms with Gasteiger partial charge in [-0.3, -0.25) is 0 Å². The molecule has 0 saturated heterocycles. The van der Waals surface area contributed by atoms with Crippen LogP contribution in [0.1, 0.15) is 34.1 Å². The molecule has 0 rings (SSSR count). The Labute approximate surface area is 63.9 Å². The number of aliphatic hydroxyl groups excluding tert-OH is 2. The molecule has 0 aliphatic carbocycles. The van der Waals surface area contributed by atoms with E-state index < -0.39 is 0 Å². The Balaban J connectivity index is 0. The van der Waals surface area contributed by atoms with E-state index >= 15 is 0 Å². The molecular weight excluding hydrogens is 128 g/mol. The van der Waals surface area contributed by atoms with Crippen LogP contribution in [-0.2, 0) is 0 Å². The topological polar surface area (TPSA) is 40.5 Å². The van der Waals surface area contributed by atoms with E-state index in [0.29, 0.717) is 12.5 Å². The van der Waals surface area contributed by atoms with Crippen LogP contribution in [0.4, 0.5) is 0 Å². The Kier molecular flexibility index (Phi) is 11.2. The molecule has 0 radical (unpaired) electrons. The van der Waals surface area contributed by atoms with Crippen molar-refractivity contribution in [3.8, 4) is 0 Å². The van der Waals surface area contributed by atoms with Crippen molar-refractivity contribution < 1.29 is 10.2 Å². The van der Waals surface area contributed by atoms with Crippen LogP contribution in [0.15, 0.2) is 0 Å². The molecule has 0 fully saturated rings. The van der Waals surface area contributed by atoms with Crippen molar-refractivity contribution >= 4 is 0 Å². The number of hydrogen-bond donors (Lipinski definition) is 2. The van der Waals surface area contributed by atoms with Gasteiger partial charge in [-0.2, -0.15) is 0 Å². The molecular formula is C8H20O2. The Morgan fingerprint density at radius 3 is 1.40 bits per heavy atom. The molecule has 2 heteroatoms. The first-order chi connectivity index (χ1) is 4.50. The predicted octanol–water partition coefficient (Wildman–Crippen LogP) is 1.41. The molecule has 0 saturated carbocycles. The molecule has 64 valence electrons. The van der Waals surface area contributed by atoms with E-state index in [4.69, 9.17) is 10.2 Å². The lowest BCUT2D eigenvalue weighted by atomic mass is 10.2. The van der Waals surface area contributed by atoms with Gasteiger partial charge < -0.3 is 10.2 Å². The molecule has 0 aromatic rings. The molecule has 0 amide bonds. The maximum atomic E-state index is 8.24. The third-order valence-corrected chi connectivity index (χ3v) is 0.706. The third kappa shape index (κ3) is 44.5. The molecule has 0 atom stereocenters. The van der Waals surface area contributed by atoms with E-state index in [9.17, 15) is 0 Å². The van der Waals surface area contributed by atoms with Crippen LogP contribution in [0, 0.1) is 5.92 Å². The summed E-state index contributed by atoms with van der Waals surface area (Å²) in [6.07, 6.45) is 0.764. The lowest BCUT2D eigenvalue weighted by Crippen LogP contribution is -1.89. The van der Waals surface area contributed by atoms with Crippen LogP contribution < -0.4 is 0 Å². The second kappa shape index (κ2) is 8.92. The zero-order chi connectivity index (χ0) is 8.57. The van der Waals surface area contributed by atoms with Gasteiger partial charge >= 0.3 is 0 Å². The highest BCUT2D eigenvalue weighted by atomic mass is 16.3. The normalized spacial score (nSPS) is 9.60. The molecule has 2 N–H and O–H groups in total. The quantitative estimate of drug-likeness (QED) is 0.621. The molecule has 0 aromatic carbocycles. The van der Waals surface area contributed by atoms with Gasteiger partial charge in [-0.15, -0.1) is 0 Å². The highest BCUT2D eigenvalue weighted by Gasteiger charge is 1.86. The van der Waals surface area contributed by atoms with Gasteiger partial charge in [0.1, 0.15) is 0 Å². The van der Waals surface area contributed by atoms with Crippen LogP contribution in [0.5, 0.6) is 0 Å². The minimum Gasteiger partial charge on any atom is -0.396 e. The minimum absolute atomic E-state index is 0.167. The summed E-state index contributed by atoms with van der Waals surface area (Å²) in [4.78, 5) is 0. The van der Waals surface area contributed by atoms with Gasteiger partial charge in [0.2, 0.25) is 0 Å². The molecule has 0 aliphatic heterocycles. The Hall–Kier alpha value is -0.0800. The van der Waals surface area contributed by atoms with E-state index in [-0.39, 0.29) is 6.10 Å². The molecule has 0 bridgehead atoms. The monoisotopic (exact) mass is 148 g/mol. The number of aliphatic hydroxyl groups is 2. The molecule has 2 nitrogen and oxygen atoms in total. The summed E-state index contributed by atoms with van der Waals surface area (Å²) in [7, 11) is 0. The first kappa shape index (κ1) is 12.6. The first-order valence-corrected chi connectivity index (χ1v) is 3.79. The number of hydrogen-bond acceptors (Lipinski definition) is 2. The van der Waals surface area contributed by atoms with Crippen molar-refractivity contribution in [2.45, 2.75) is 40.2 Å². The zero-order valence-corrected chi connectivity index (χ0v) is 7.46. The van der Waals surface area contributed by atoms with Crippen LogP contribution in [-0.4, -0.2) is 22.9 Å². The summed E-state index contributed by atoms with van der Waals surface area (Å²) < 4.78 is 0. The van der Waals surface area contributed by atoms with Crippen molar-refractivity contribution in [2.24, 2.45) is 5.92 Å². The molecule has 0 spiro atoms. The Morgan fingerprint density at radius 2 is 1.40 bits per heavy atom. The molecule has 0 unspecified atom stereocenters. The second-order valence-corrected chi connectivity index (χ2v) is 3.00. The molecule has 0 aliphatic rings. The third-order valence-electron chi connectivity index (χ3n) is 0.706. The van der Waals surface area contributed by atoms with E-state index in [1.165, 1.54) is 0 Å². The van der Waals surface area contributed by atoms with Crippen molar-refractivity contribution in [2.75, 3.05) is 6.61 Å². The van der Waals surface area contributed by atoms with Gasteiger partial charge in [-0.1, -0.05) is 13.8 Å². The molecule has 0 heterocycles. The fourth-order valence-electron chi connectivity index (χ4n) is 0.258. The summed E-state index contributed by atoms with van der Waals surface area (Å²) in [5.41, 5.74) is 0. The lowest BCUT2D eigenvalue weighted by molar-refractivity contribution is 0.216. The van der Waals surface area contributed by atoms with Crippen molar-refractivity contribution in [3.05, 3.63) is 0 Å². The Bertz CT molecular complexity index is 48.5. The van der Waals surface area contributed by atoms with Gasteiger partial charge in [-0.05, 0) is 26.2 Å². The lowest BCUT2D eigenvalue weighted by Gasteiger charge is -1.95. The maximum Gasteiger partial charge on any atom is 0.0483 e. The highest BCUT2D eigenvalue weighted by molar-refractivity contribution is 4.38. The summed E-state index contributed by atoms with van der Waals surface area (Å²) in [6, 6.07) is 0. The standard InChI is InChI=1S/C5H12O.C3H8O/c1-5(2)3-4-6;1-3(2)4/h5-6H,3-4H2,1-2H3;3-4H,1-2H3. The van der Waals surface area contributed by atoms with E-state index in [1.807, 2.05) is 0 Å². The van der Waals surface area contributed by atoms with Crippen molar-refractivity contribution in [3.63, 3.8) is 0 Å². The van der Waals surface area contributed by atoms with Crippen LogP contribution >= 0.6 is 0 Å². The largest absolute Gasteiger partial charge is 0.396 e. The average molecular weight is 148 g/mol. The first-order valence-electron chi connectivity index (χ1n) is 3.79. The Morgan fingerprint density at radius 1 is 1.10 bits per heavy atom. The summed E-state index contributed by atoms with van der Waals surface area (Å²) in [5, 5.41) is 16.3. The summed E-state index contributed by atoms with van der Waals surface area (Å²) in [6.45, 7) is 7.96. The van der Waals surface area contributed by atoms with Gasteiger partial charge in [0.05, 0.1) is 0 Å². The summed E-state index contributed by atoms with van der Waals surface area (Å²) in [5.74, 6) is 0.648. The second-order valence-electron chi connectivity index (χ2n) is 3.00. The van der Waals surface area contributed by atoms with Crippen LogP contribution in [0.3, 0.4) is 0 Å². The van der Waals surface area contributed by atoms with E-state index in [1.54, 1.807) is 13.8 Å². The highest BCUT2D eigenvalue weighted by Crippen LogP contribution is 1.94. The number of rotatable bonds is 2. The van der Waals surface area contributed by atoms with E-state index in [0.717, 1.165) is 6.42 Å².